The van der Waals surface area contributed by atoms with Crippen LogP contribution in [0.25, 0.3) is 0 Å². The molecule has 26 heavy (non-hydrogen) atoms. The first kappa shape index (κ1) is 19.1. The summed E-state index contributed by atoms with van der Waals surface area (Å²) >= 11 is 0. The minimum atomic E-state index is -3.38. The number of nitrogens with zero attached hydrogens (tertiary/aromatic N) is 3. The van der Waals surface area contributed by atoms with E-state index in [0.29, 0.717) is 19.6 Å². The number of imidazole rings is 1. The van der Waals surface area contributed by atoms with Gasteiger partial charge in [0, 0.05) is 19.6 Å². The van der Waals surface area contributed by atoms with Crippen molar-refractivity contribution in [1.82, 2.24) is 14.5 Å². The van der Waals surface area contributed by atoms with Gasteiger partial charge in [0.1, 0.15) is 0 Å². The minimum Gasteiger partial charge on any atom is -0.392 e. The second-order valence-electron chi connectivity index (χ2n) is 6.85. The van der Waals surface area contributed by atoms with Gasteiger partial charge < -0.3 is 9.67 Å². The molecule has 3 rings (SSSR count). The second kappa shape index (κ2) is 8.33. The summed E-state index contributed by atoms with van der Waals surface area (Å²) in [5.74, 6) is 0.0389. The maximum atomic E-state index is 12.5. The van der Waals surface area contributed by atoms with E-state index in [2.05, 4.69) is 9.88 Å². The number of likely N-dealkylation sites (tertiary alicyclic amines) is 1. The van der Waals surface area contributed by atoms with E-state index < -0.39 is 9.84 Å². The Kier molecular flexibility index (Phi) is 6.11. The zero-order chi connectivity index (χ0) is 18.6. The third kappa shape index (κ3) is 4.52. The maximum Gasteiger partial charge on any atom is 0.227 e. The summed E-state index contributed by atoms with van der Waals surface area (Å²) in [6.45, 7) is 4.37. The summed E-state index contributed by atoms with van der Waals surface area (Å²) in [5, 5.41) is 10.0. The van der Waals surface area contributed by atoms with Crippen LogP contribution in [0.3, 0.4) is 0 Å². The second-order valence-corrected chi connectivity index (χ2v) is 9.03. The molecule has 2 heterocycles. The van der Waals surface area contributed by atoms with Crippen molar-refractivity contribution in [3.8, 4) is 0 Å². The Morgan fingerprint density at radius 3 is 2.73 bits per heavy atom. The standard InChI is InChI=1S/C19H27N3O3S/c1-2-26(24,25)19-20-13-17(14-21-11-6-9-18(23)15-21)22(19)12-10-16-7-4-3-5-8-16/h3-5,7-8,13,18,23H,2,6,9-12,14-15H2,1H3/t18-/m0/s1. The quantitative estimate of drug-likeness (QED) is 0.797. The molecule has 1 N–H and O–H groups in total. The fraction of sp³-hybridized carbons (Fsp3) is 0.526. The number of benzene rings is 1. The number of hydrogen-bond donors (Lipinski definition) is 1. The summed E-state index contributed by atoms with van der Waals surface area (Å²) < 4.78 is 26.7. The zero-order valence-corrected chi connectivity index (χ0v) is 16.0. The fourth-order valence-electron chi connectivity index (χ4n) is 3.42. The molecule has 7 heteroatoms. The predicted molar refractivity (Wildman–Crippen MR) is 101 cm³/mol. The molecule has 1 aromatic carbocycles. The van der Waals surface area contributed by atoms with Gasteiger partial charge in [0.05, 0.1) is 23.7 Å². The molecule has 1 fully saturated rings. The Labute approximate surface area is 155 Å². The molecule has 0 bridgehead atoms. The lowest BCUT2D eigenvalue weighted by Gasteiger charge is -2.30. The highest BCUT2D eigenvalue weighted by Gasteiger charge is 2.24. The minimum absolute atomic E-state index is 0.0389. The topological polar surface area (TPSA) is 75.4 Å². The van der Waals surface area contributed by atoms with Gasteiger partial charge in [-0.2, -0.15) is 0 Å². The van der Waals surface area contributed by atoms with Gasteiger partial charge in [-0.05, 0) is 31.4 Å². The number of aliphatic hydroxyl groups excluding tert-OH is 1. The number of aryl methyl sites for hydroxylation is 1. The van der Waals surface area contributed by atoms with Crippen LogP contribution < -0.4 is 0 Å². The lowest BCUT2D eigenvalue weighted by Crippen LogP contribution is -2.38. The molecule has 0 aliphatic carbocycles. The van der Waals surface area contributed by atoms with Crippen molar-refractivity contribution >= 4 is 9.84 Å². The molecular weight excluding hydrogens is 350 g/mol. The number of hydrogen-bond acceptors (Lipinski definition) is 5. The Morgan fingerprint density at radius 1 is 1.27 bits per heavy atom. The van der Waals surface area contributed by atoms with Gasteiger partial charge in [-0.1, -0.05) is 37.3 Å². The molecule has 1 saturated heterocycles. The largest absolute Gasteiger partial charge is 0.392 e. The van der Waals surface area contributed by atoms with Crippen LogP contribution in [0.2, 0.25) is 0 Å². The highest BCUT2D eigenvalue weighted by molar-refractivity contribution is 7.91. The third-order valence-electron chi connectivity index (χ3n) is 4.89. The Balaban J connectivity index is 1.83. The average Bonchev–Trinajstić information content (AvgIpc) is 3.04. The first-order valence-corrected chi connectivity index (χ1v) is 10.9. The van der Waals surface area contributed by atoms with E-state index in [-0.39, 0.29) is 17.0 Å². The molecular formula is C19H27N3O3S. The number of aromatic nitrogens is 2. The molecule has 1 aromatic heterocycles. The lowest BCUT2D eigenvalue weighted by molar-refractivity contribution is 0.0655. The molecule has 6 nitrogen and oxygen atoms in total. The van der Waals surface area contributed by atoms with Crippen molar-refractivity contribution in [2.24, 2.45) is 0 Å². The lowest BCUT2D eigenvalue weighted by atomic mass is 10.1. The summed E-state index contributed by atoms with van der Waals surface area (Å²) in [6.07, 6.45) is 3.91. The molecule has 0 radical (unpaired) electrons. The number of sulfone groups is 1. The molecule has 142 valence electrons. The van der Waals surface area contributed by atoms with Crippen LogP contribution in [0, 0.1) is 0 Å². The van der Waals surface area contributed by atoms with E-state index in [9.17, 15) is 13.5 Å². The van der Waals surface area contributed by atoms with Crippen LogP contribution in [-0.2, 0) is 29.3 Å². The van der Waals surface area contributed by atoms with Crippen LogP contribution >= 0.6 is 0 Å². The van der Waals surface area contributed by atoms with Gasteiger partial charge in [0.25, 0.3) is 0 Å². The van der Waals surface area contributed by atoms with Gasteiger partial charge in [-0.3, -0.25) is 4.90 Å². The van der Waals surface area contributed by atoms with Crippen molar-refractivity contribution in [2.75, 3.05) is 18.8 Å². The van der Waals surface area contributed by atoms with Gasteiger partial charge in [-0.25, -0.2) is 13.4 Å². The molecule has 0 amide bonds. The van der Waals surface area contributed by atoms with E-state index in [1.54, 1.807) is 13.1 Å². The molecule has 1 aliphatic rings. The summed E-state index contributed by atoms with van der Waals surface area (Å²) in [4.78, 5) is 6.41. The molecule has 2 aromatic rings. The maximum absolute atomic E-state index is 12.5. The zero-order valence-electron chi connectivity index (χ0n) is 15.2. The van der Waals surface area contributed by atoms with Crippen molar-refractivity contribution < 1.29 is 13.5 Å². The van der Waals surface area contributed by atoms with E-state index >= 15 is 0 Å². The van der Waals surface area contributed by atoms with Crippen LogP contribution in [0.1, 0.15) is 31.0 Å². The van der Waals surface area contributed by atoms with Crippen LogP contribution in [0.15, 0.2) is 41.7 Å². The Hall–Kier alpha value is -1.70. The van der Waals surface area contributed by atoms with Crippen LogP contribution in [0.4, 0.5) is 0 Å². The number of rotatable bonds is 7. The normalized spacial score (nSPS) is 18.9. The van der Waals surface area contributed by atoms with E-state index in [4.69, 9.17) is 0 Å². The SMILES string of the molecule is CCS(=O)(=O)c1ncc(CN2CCC[C@H](O)C2)n1CCc1ccccc1. The Morgan fingerprint density at radius 2 is 2.04 bits per heavy atom. The van der Waals surface area contributed by atoms with Crippen molar-refractivity contribution in [3.63, 3.8) is 0 Å². The van der Waals surface area contributed by atoms with E-state index in [1.165, 1.54) is 5.56 Å². The van der Waals surface area contributed by atoms with E-state index in [1.807, 2.05) is 34.9 Å². The first-order chi connectivity index (χ1) is 12.5. The number of β-amino-alcohol motifs (C(OH)–C–C–N with tert-alkyl or cyclic N) is 1. The molecule has 0 spiro atoms. The van der Waals surface area contributed by atoms with Crippen molar-refractivity contribution in [2.45, 2.75) is 50.5 Å². The van der Waals surface area contributed by atoms with Gasteiger partial charge in [0.2, 0.25) is 15.0 Å². The van der Waals surface area contributed by atoms with Crippen LogP contribution in [0.5, 0.6) is 0 Å². The molecule has 0 unspecified atom stereocenters. The van der Waals surface area contributed by atoms with Crippen LogP contribution in [-0.4, -0.2) is 52.9 Å². The summed E-state index contributed by atoms with van der Waals surface area (Å²) in [6, 6.07) is 10.0. The average molecular weight is 378 g/mol. The molecule has 0 saturated carbocycles. The predicted octanol–water partition coefficient (Wildman–Crippen LogP) is 1.88. The highest BCUT2D eigenvalue weighted by Crippen LogP contribution is 2.19. The van der Waals surface area contributed by atoms with Crippen molar-refractivity contribution in [1.29, 1.82) is 0 Å². The first-order valence-electron chi connectivity index (χ1n) is 9.21. The number of aliphatic hydroxyl groups is 1. The fourth-order valence-corrected chi connectivity index (χ4v) is 4.44. The Bertz CT molecular complexity index is 818. The smallest absolute Gasteiger partial charge is 0.227 e. The summed E-state index contributed by atoms with van der Waals surface area (Å²) in [7, 11) is -3.38. The van der Waals surface area contributed by atoms with Crippen molar-refractivity contribution in [3.05, 3.63) is 47.8 Å². The molecule has 1 atom stereocenters. The van der Waals surface area contributed by atoms with Gasteiger partial charge >= 0.3 is 0 Å². The molecule has 1 aliphatic heterocycles. The van der Waals surface area contributed by atoms with Gasteiger partial charge in [0.15, 0.2) is 0 Å². The third-order valence-corrected chi connectivity index (χ3v) is 6.54. The number of piperidine rings is 1. The van der Waals surface area contributed by atoms with E-state index in [0.717, 1.165) is 31.5 Å². The van der Waals surface area contributed by atoms with Gasteiger partial charge in [-0.15, -0.1) is 0 Å². The summed E-state index contributed by atoms with van der Waals surface area (Å²) in [5.41, 5.74) is 2.06. The monoisotopic (exact) mass is 377 g/mol. The highest BCUT2D eigenvalue weighted by atomic mass is 32.2.